The molecule has 1 unspecified atom stereocenters. The lowest BCUT2D eigenvalue weighted by Gasteiger charge is -2.33. The van der Waals surface area contributed by atoms with E-state index >= 15 is 0 Å². The summed E-state index contributed by atoms with van der Waals surface area (Å²) in [4.78, 5) is 7.27. The molecule has 148 valence electrons. The van der Waals surface area contributed by atoms with Crippen molar-refractivity contribution >= 4 is 27.4 Å². The van der Waals surface area contributed by atoms with Crippen molar-refractivity contribution in [2.75, 3.05) is 25.0 Å². The van der Waals surface area contributed by atoms with Gasteiger partial charge in [-0.1, -0.05) is 18.6 Å². The predicted molar refractivity (Wildman–Crippen MR) is 116 cm³/mol. The first kappa shape index (κ1) is 19.2. The van der Waals surface area contributed by atoms with Crippen molar-refractivity contribution in [3.63, 3.8) is 0 Å². The first-order valence-electron chi connectivity index (χ1n) is 9.94. The molecule has 1 atom stereocenters. The molecule has 1 aliphatic heterocycles. The number of benzene rings is 1. The molecule has 0 radical (unpaired) electrons. The van der Waals surface area contributed by atoms with Gasteiger partial charge in [0.25, 0.3) is 0 Å². The number of rotatable bonds is 6. The van der Waals surface area contributed by atoms with Crippen LogP contribution in [0.3, 0.4) is 0 Å². The van der Waals surface area contributed by atoms with Crippen LogP contribution in [0.25, 0.3) is 16.9 Å². The Balaban J connectivity index is 1.52. The van der Waals surface area contributed by atoms with E-state index in [1.807, 2.05) is 24.3 Å². The number of nitrogens with zero attached hydrogens (tertiary/aromatic N) is 4. The van der Waals surface area contributed by atoms with Gasteiger partial charge in [-0.2, -0.15) is 9.61 Å². The zero-order valence-electron chi connectivity index (χ0n) is 16.1. The van der Waals surface area contributed by atoms with E-state index in [1.165, 1.54) is 25.8 Å². The molecular formula is C21H26BrN5O. The highest BCUT2D eigenvalue weighted by molar-refractivity contribution is 9.10. The Morgan fingerprint density at radius 1 is 1.29 bits per heavy atom. The van der Waals surface area contributed by atoms with E-state index in [2.05, 4.69) is 43.2 Å². The molecular weight excluding hydrogens is 418 g/mol. The lowest BCUT2D eigenvalue weighted by atomic mass is 10.0. The van der Waals surface area contributed by atoms with E-state index < -0.39 is 0 Å². The number of likely N-dealkylation sites (tertiary alicyclic amines) is 1. The summed E-state index contributed by atoms with van der Waals surface area (Å²) in [5.41, 5.74) is 2.16. The van der Waals surface area contributed by atoms with E-state index in [0.717, 1.165) is 41.1 Å². The largest absolute Gasteiger partial charge is 0.507 e. The number of hydrogen-bond acceptors (Lipinski definition) is 5. The molecule has 7 heteroatoms. The first-order valence-corrected chi connectivity index (χ1v) is 10.7. The van der Waals surface area contributed by atoms with Gasteiger partial charge in [-0.25, -0.2) is 4.98 Å². The van der Waals surface area contributed by atoms with Gasteiger partial charge in [0.05, 0.1) is 16.4 Å². The average molecular weight is 444 g/mol. The number of piperidine rings is 1. The summed E-state index contributed by atoms with van der Waals surface area (Å²) in [5, 5.41) is 18.2. The van der Waals surface area contributed by atoms with Crippen LogP contribution in [0.15, 0.2) is 41.0 Å². The summed E-state index contributed by atoms with van der Waals surface area (Å²) >= 11 is 3.52. The van der Waals surface area contributed by atoms with Crippen molar-refractivity contribution < 1.29 is 5.11 Å². The number of aromatic nitrogens is 3. The molecule has 0 aliphatic carbocycles. The zero-order chi connectivity index (χ0) is 19.5. The summed E-state index contributed by atoms with van der Waals surface area (Å²) in [5.74, 6) is 1.10. The molecule has 6 nitrogen and oxygen atoms in total. The number of para-hydroxylation sites is 1. The molecule has 1 fully saturated rings. The van der Waals surface area contributed by atoms with E-state index in [4.69, 9.17) is 0 Å². The maximum absolute atomic E-state index is 10.2. The van der Waals surface area contributed by atoms with E-state index in [-0.39, 0.29) is 5.75 Å². The maximum Gasteiger partial charge on any atom is 0.172 e. The van der Waals surface area contributed by atoms with Gasteiger partial charge in [-0.3, -0.25) is 0 Å². The van der Waals surface area contributed by atoms with Gasteiger partial charge in [-0.05, 0) is 60.8 Å². The minimum Gasteiger partial charge on any atom is -0.507 e. The minimum absolute atomic E-state index is 0.222. The third kappa shape index (κ3) is 4.00. The number of aromatic hydroxyl groups is 1. The molecule has 0 saturated carbocycles. The van der Waals surface area contributed by atoms with Crippen molar-refractivity contribution in [2.45, 2.75) is 38.6 Å². The highest BCUT2D eigenvalue weighted by Crippen LogP contribution is 2.31. The zero-order valence-corrected chi connectivity index (χ0v) is 17.7. The summed E-state index contributed by atoms with van der Waals surface area (Å²) in [6.07, 6.45) is 6.80. The van der Waals surface area contributed by atoms with Crippen LogP contribution in [0.5, 0.6) is 5.75 Å². The highest BCUT2D eigenvalue weighted by Gasteiger charge is 2.17. The molecule has 0 amide bonds. The maximum atomic E-state index is 10.2. The number of fused-ring (bicyclic) bond motifs is 1. The van der Waals surface area contributed by atoms with Crippen LogP contribution in [-0.2, 0) is 0 Å². The van der Waals surface area contributed by atoms with Gasteiger partial charge in [0, 0.05) is 30.8 Å². The molecule has 1 aromatic carbocycles. The first-order chi connectivity index (χ1) is 13.6. The second kappa shape index (κ2) is 8.49. The fourth-order valence-electron chi connectivity index (χ4n) is 3.88. The molecule has 28 heavy (non-hydrogen) atoms. The van der Waals surface area contributed by atoms with Crippen LogP contribution in [-0.4, -0.2) is 50.3 Å². The number of nitrogens with one attached hydrogen (secondary N) is 1. The fraction of sp³-hybridized carbons (Fsp3) is 0.429. The number of phenols is 1. The molecule has 1 aliphatic rings. The van der Waals surface area contributed by atoms with E-state index in [0.29, 0.717) is 11.6 Å². The number of phenolic OH excluding ortho intramolecular Hbond substituents is 1. The molecule has 0 bridgehead atoms. The Labute approximate surface area is 173 Å². The minimum atomic E-state index is 0.222. The van der Waals surface area contributed by atoms with Crippen molar-refractivity contribution in [1.29, 1.82) is 0 Å². The Morgan fingerprint density at radius 3 is 2.96 bits per heavy atom. The van der Waals surface area contributed by atoms with Crippen LogP contribution in [0.2, 0.25) is 0 Å². The molecule has 4 rings (SSSR count). The van der Waals surface area contributed by atoms with Crippen molar-refractivity contribution in [1.82, 2.24) is 19.5 Å². The highest BCUT2D eigenvalue weighted by atomic mass is 79.9. The summed E-state index contributed by atoms with van der Waals surface area (Å²) in [7, 11) is 0. The van der Waals surface area contributed by atoms with Gasteiger partial charge in [0.2, 0.25) is 0 Å². The number of anilines is 1. The monoisotopic (exact) mass is 443 g/mol. The third-order valence-corrected chi connectivity index (χ3v) is 6.04. The SMILES string of the molecule is CC1CCCCN1CCCNc1cc(-c2ccccc2O)nc2c(Br)cnn12. The van der Waals surface area contributed by atoms with Crippen LogP contribution in [0.1, 0.15) is 32.6 Å². The normalized spacial score (nSPS) is 17.9. The van der Waals surface area contributed by atoms with Gasteiger partial charge >= 0.3 is 0 Å². The standard InChI is InChI=1S/C21H26BrN5O/c1-15-7-4-5-11-26(15)12-6-10-23-20-13-18(16-8-2-3-9-19(16)28)25-21-17(22)14-24-27(20)21/h2-3,8-9,13-15,23,28H,4-7,10-12H2,1H3. The molecule has 3 aromatic rings. The van der Waals surface area contributed by atoms with Crippen molar-refractivity contribution in [2.24, 2.45) is 0 Å². The fourth-order valence-corrected chi connectivity index (χ4v) is 4.23. The molecule has 2 N–H and O–H groups in total. The van der Waals surface area contributed by atoms with E-state index in [1.54, 1.807) is 16.8 Å². The van der Waals surface area contributed by atoms with Crippen LogP contribution >= 0.6 is 15.9 Å². The number of halogens is 1. The van der Waals surface area contributed by atoms with Gasteiger partial charge < -0.3 is 15.3 Å². The summed E-state index contributed by atoms with van der Waals surface area (Å²) < 4.78 is 2.63. The molecule has 1 saturated heterocycles. The van der Waals surface area contributed by atoms with Crippen molar-refractivity contribution in [3.05, 3.63) is 41.0 Å². The third-order valence-electron chi connectivity index (χ3n) is 5.48. The average Bonchev–Trinajstić information content (AvgIpc) is 3.08. The topological polar surface area (TPSA) is 65.7 Å². The van der Waals surface area contributed by atoms with E-state index in [9.17, 15) is 5.11 Å². The molecule has 2 aromatic heterocycles. The van der Waals surface area contributed by atoms with Crippen molar-refractivity contribution in [3.8, 4) is 17.0 Å². The lowest BCUT2D eigenvalue weighted by molar-refractivity contribution is 0.160. The second-order valence-electron chi connectivity index (χ2n) is 7.43. The number of hydrogen-bond donors (Lipinski definition) is 2. The quantitative estimate of drug-likeness (QED) is 0.547. The Bertz CT molecular complexity index is 957. The smallest absolute Gasteiger partial charge is 0.172 e. The predicted octanol–water partition coefficient (Wildman–Crippen LogP) is 4.54. The second-order valence-corrected chi connectivity index (χ2v) is 8.29. The Morgan fingerprint density at radius 2 is 2.14 bits per heavy atom. The van der Waals surface area contributed by atoms with Gasteiger partial charge in [-0.15, -0.1) is 0 Å². The molecule has 3 heterocycles. The summed E-state index contributed by atoms with van der Waals surface area (Å²) in [6.45, 7) is 5.51. The van der Waals surface area contributed by atoms with Gasteiger partial charge in [0.1, 0.15) is 11.6 Å². The van der Waals surface area contributed by atoms with Crippen LogP contribution in [0.4, 0.5) is 5.82 Å². The van der Waals surface area contributed by atoms with Crippen LogP contribution < -0.4 is 5.32 Å². The van der Waals surface area contributed by atoms with Gasteiger partial charge in [0.15, 0.2) is 5.65 Å². The summed E-state index contributed by atoms with van der Waals surface area (Å²) in [6, 6.07) is 9.91. The van der Waals surface area contributed by atoms with Crippen LogP contribution in [0, 0.1) is 0 Å². The molecule has 0 spiro atoms. The Hall–Kier alpha value is -2.12. The Kier molecular flexibility index (Phi) is 5.82. The lowest BCUT2D eigenvalue weighted by Crippen LogP contribution is -2.38.